The number of anilines is 1. The molecule has 0 aliphatic heterocycles. The summed E-state index contributed by atoms with van der Waals surface area (Å²) in [4.78, 5) is 26.9. The van der Waals surface area contributed by atoms with Gasteiger partial charge in [0.25, 0.3) is 5.69 Å². The Morgan fingerprint density at radius 3 is 2.90 bits per heavy atom. The molecule has 2 aromatic rings. The third kappa shape index (κ3) is 4.14. The van der Waals surface area contributed by atoms with Crippen LogP contribution in [0.2, 0.25) is 5.02 Å². The fourth-order valence-electron chi connectivity index (χ4n) is 1.56. The molecule has 1 aromatic heterocycles. The summed E-state index contributed by atoms with van der Waals surface area (Å²) in [7, 11) is 0. The van der Waals surface area contributed by atoms with Crippen molar-refractivity contribution in [3.8, 4) is 0 Å². The number of amides is 2. The van der Waals surface area contributed by atoms with Gasteiger partial charge in [-0.15, -0.1) is 11.3 Å². The SMILES string of the molecule is Cc1ncc(CNC(=O)Nc2ccc(Cl)c([N+](=O)[O-])c2)s1. The molecule has 0 saturated carbocycles. The van der Waals surface area contributed by atoms with Gasteiger partial charge in [0.15, 0.2) is 0 Å². The number of thiazole rings is 1. The molecule has 0 saturated heterocycles. The normalized spacial score (nSPS) is 10.2. The van der Waals surface area contributed by atoms with E-state index >= 15 is 0 Å². The maximum atomic E-state index is 11.7. The molecule has 1 heterocycles. The minimum atomic E-state index is -0.606. The average molecular weight is 327 g/mol. The van der Waals surface area contributed by atoms with Crippen molar-refractivity contribution >= 4 is 40.3 Å². The van der Waals surface area contributed by atoms with Gasteiger partial charge in [0.05, 0.1) is 16.5 Å². The van der Waals surface area contributed by atoms with Crippen molar-refractivity contribution in [1.29, 1.82) is 0 Å². The zero-order chi connectivity index (χ0) is 15.4. The Balaban J connectivity index is 1.96. The number of urea groups is 1. The van der Waals surface area contributed by atoms with Crippen LogP contribution in [-0.2, 0) is 6.54 Å². The zero-order valence-electron chi connectivity index (χ0n) is 10.9. The van der Waals surface area contributed by atoms with Crippen LogP contribution in [0.5, 0.6) is 0 Å². The molecule has 2 amide bonds. The largest absolute Gasteiger partial charge is 0.333 e. The highest BCUT2D eigenvalue weighted by Crippen LogP contribution is 2.27. The number of nitro groups is 1. The van der Waals surface area contributed by atoms with E-state index in [9.17, 15) is 14.9 Å². The molecule has 0 atom stereocenters. The minimum absolute atomic E-state index is 0.0195. The fraction of sp³-hybridized carbons (Fsp3) is 0.167. The highest BCUT2D eigenvalue weighted by Gasteiger charge is 2.13. The highest BCUT2D eigenvalue weighted by molar-refractivity contribution is 7.11. The lowest BCUT2D eigenvalue weighted by Crippen LogP contribution is -2.27. The zero-order valence-corrected chi connectivity index (χ0v) is 12.5. The quantitative estimate of drug-likeness (QED) is 0.665. The number of aryl methyl sites for hydroxylation is 1. The lowest BCUT2D eigenvalue weighted by atomic mass is 10.3. The van der Waals surface area contributed by atoms with Crippen molar-refractivity contribution in [2.24, 2.45) is 0 Å². The number of rotatable bonds is 4. The fourth-order valence-corrected chi connectivity index (χ4v) is 2.48. The van der Waals surface area contributed by atoms with Crippen LogP contribution in [0, 0.1) is 17.0 Å². The molecule has 21 heavy (non-hydrogen) atoms. The summed E-state index contributed by atoms with van der Waals surface area (Å²) < 4.78 is 0. The van der Waals surface area contributed by atoms with E-state index in [1.807, 2.05) is 6.92 Å². The molecule has 0 radical (unpaired) electrons. The van der Waals surface area contributed by atoms with E-state index in [4.69, 9.17) is 11.6 Å². The van der Waals surface area contributed by atoms with Gasteiger partial charge < -0.3 is 10.6 Å². The molecule has 2 N–H and O–H groups in total. The number of aromatic nitrogens is 1. The third-order valence-electron chi connectivity index (χ3n) is 2.49. The number of benzene rings is 1. The molecule has 1 aromatic carbocycles. The third-order valence-corrected chi connectivity index (χ3v) is 3.73. The van der Waals surface area contributed by atoms with Crippen molar-refractivity contribution in [1.82, 2.24) is 10.3 Å². The second kappa shape index (κ2) is 6.51. The number of hydrogen-bond donors (Lipinski definition) is 2. The van der Waals surface area contributed by atoms with Crippen molar-refractivity contribution in [3.63, 3.8) is 0 Å². The van der Waals surface area contributed by atoms with Gasteiger partial charge >= 0.3 is 6.03 Å². The average Bonchev–Trinajstić information content (AvgIpc) is 2.84. The van der Waals surface area contributed by atoms with E-state index in [1.54, 1.807) is 6.20 Å². The molecular formula is C12H11ClN4O3S. The van der Waals surface area contributed by atoms with E-state index in [0.717, 1.165) is 9.88 Å². The van der Waals surface area contributed by atoms with E-state index < -0.39 is 11.0 Å². The van der Waals surface area contributed by atoms with Crippen LogP contribution in [0.3, 0.4) is 0 Å². The number of nitrogens with one attached hydrogen (secondary N) is 2. The Morgan fingerprint density at radius 2 is 2.29 bits per heavy atom. The molecule has 110 valence electrons. The van der Waals surface area contributed by atoms with Gasteiger partial charge in [-0.2, -0.15) is 0 Å². The van der Waals surface area contributed by atoms with Crippen LogP contribution in [-0.4, -0.2) is 15.9 Å². The number of carbonyl (C=O) groups is 1. The maximum absolute atomic E-state index is 11.7. The molecular weight excluding hydrogens is 316 g/mol. The van der Waals surface area contributed by atoms with Crippen LogP contribution >= 0.6 is 22.9 Å². The molecule has 9 heteroatoms. The Bertz CT molecular complexity index is 689. The standard InChI is InChI=1S/C12H11ClN4O3S/c1-7-14-5-9(21-7)6-15-12(18)16-8-2-3-10(13)11(4-8)17(19)20/h2-5H,6H2,1H3,(H2,15,16,18). The summed E-state index contributed by atoms with van der Waals surface area (Å²) in [6, 6.07) is 3.60. The molecule has 0 spiro atoms. The molecule has 0 aliphatic rings. The first kappa shape index (κ1) is 15.2. The van der Waals surface area contributed by atoms with Gasteiger partial charge in [-0.1, -0.05) is 11.6 Å². The first-order valence-corrected chi connectivity index (χ1v) is 7.05. The number of nitro benzene ring substituents is 1. The van der Waals surface area contributed by atoms with E-state index in [0.29, 0.717) is 12.2 Å². The van der Waals surface area contributed by atoms with Gasteiger partial charge in [0, 0.05) is 22.8 Å². The molecule has 2 rings (SSSR count). The predicted molar refractivity (Wildman–Crippen MR) is 80.8 cm³/mol. The predicted octanol–water partition coefficient (Wildman–Crippen LogP) is 3.33. The summed E-state index contributed by atoms with van der Waals surface area (Å²) in [5.41, 5.74) is 0.0385. The molecule has 0 fully saturated rings. The first-order valence-electron chi connectivity index (χ1n) is 5.86. The monoisotopic (exact) mass is 326 g/mol. The number of carbonyl (C=O) groups excluding carboxylic acids is 1. The molecule has 0 bridgehead atoms. The summed E-state index contributed by atoms with van der Waals surface area (Å²) in [5, 5.41) is 16.9. The second-order valence-electron chi connectivity index (χ2n) is 4.08. The van der Waals surface area contributed by atoms with Crippen LogP contribution < -0.4 is 10.6 Å². The van der Waals surface area contributed by atoms with Gasteiger partial charge in [0.2, 0.25) is 0 Å². The van der Waals surface area contributed by atoms with Gasteiger partial charge in [-0.05, 0) is 19.1 Å². The Morgan fingerprint density at radius 1 is 1.52 bits per heavy atom. The number of hydrogen-bond acceptors (Lipinski definition) is 5. The van der Waals surface area contributed by atoms with Crippen molar-refractivity contribution in [2.45, 2.75) is 13.5 Å². The van der Waals surface area contributed by atoms with E-state index in [2.05, 4.69) is 15.6 Å². The van der Waals surface area contributed by atoms with Gasteiger partial charge in [-0.3, -0.25) is 10.1 Å². The maximum Gasteiger partial charge on any atom is 0.319 e. The van der Waals surface area contributed by atoms with Crippen LogP contribution in [0.1, 0.15) is 9.88 Å². The van der Waals surface area contributed by atoms with E-state index in [1.165, 1.54) is 29.5 Å². The summed E-state index contributed by atoms with van der Waals surface area (Å²) in [6.45, 7) is 2.22. The van der Waals surface area contributed by atoms with Crippen LogP contribution in [0.4, 0.5) is 16.2 Å². The molecule has 0 unspecified atom stereocenters. The van der Waals surface area contributed by atoms with Crippen LogP contribution in [0.25, 0.3) is 0 Å². The first-order chi connectivity index (χ1) is 9.95. The van der Waals surface area contributed by atoms with E-state index in [-0.39, 0.29) is 10.7 Å². The Hall–Kier alpha value is -2.19. The summed E-state index contributed by atoms with van der Waals surface area (Å²) >= 11 is 7.18. The van der Waals surface area contributed by atoms with Crippen molar-refractivity contribution in [3.05, 3.63) is 49.4 Å². The topological polar surface area (TPSA) is 97.2 Å². The van der Waals surface area contributed by atoms with Crippen molar-refractivity contribution < 1.29 is 9.72 Å². The molecule has 7 nitrogen and oxygen atoms in total. The Labute approximate surface area is 129 Å². The van der Waals surface area contributed by atoms with Gasteiger partial charge in [0.1, 0.15) is 5.02 Å². The Kier molecular flexibility index (Phi) is 4.71. The minimum Gasteiger partial charge on any atom is -0.333 e. The summed E-state index contributed by atoms with van der Waals surface area (Å²) in [6.07, 6.45) is 1.69. The lowest BCUT2D eigenvalue weighted by Gasteiger charge is -2.06. The smallest absolute Gasteiger partial charge is 0.319 e. The van der Waals surface area contributed by atoms with Crippen LogP contribution in [0.15, 0.2) is 24.4 Å². The van der Waals surface area contributed by atoms with Crippen molar-refractivity contribution in [2.75, 3.05) is 5.32 Å². The van der Waals surface area contributed by atoms with Gasteiger partial charge in [-0.25, -0.2) is 9.78 Å². The number of halogens is 1. The lowest BCUT2D eigenvalue weighted by molar-refractivity contribution is -0.384. The second-order valence-corrected chi connectivity index (χ2v) is 5.80. The highest BCUT2D eigenvalue weighted by atomic mass is 35.5. The number of nitrogens with zero attached hydrogens (tertiary/aromatic N) is 2. The molecule has 0 aliphatic carbocycles. The summed E-state index contributed by atoms with van der Waals surface area (Å²) in [5.74, 6) is 0.